The predicted octanol–water partition coefficient (Wildman–Crippen LogP) is 2.55. The molecule has 6 nitrogen and oxygen atoms in total. The van der Waals surface area contributed by atoms with Gasteiger partial charge in [0.25, 0.3) is 0 Å². The number of ether oxygens (including phenoxy) is 2. The summed E-state index contributed by atoms with van der Waals surface area (Å²) in [6, 6.07) is 4.46. The summed E-state index contributed by atoms with van der Waals surface area (Å²) in [4.78, 5) is 12.1. The molecular formula is C13H15FN4O2. The van der Waals surface area contributed by atoms with Gasteiger partial charge < -0.3 is 14.8 Å². The van der Waals surface area contributed by atoms with Gasteiger partial charge in [0, 0.05) is 7.05 Å². The number of halogens is 1. The number of anilines is 1. The number of benzene rings is 1. The monoisotopic (exact) mass is 278 g/mol. The lowest BCUT2D eigenvalue weighted by Crippen LogP contribution is -2.05. The maximum atomic E-state index is 13.0. The molecule has 1 aromatic carbocycles. The molecule has 0 aliphatic rings. The highest BCUT2D eigenvalue weighted by molar-refractivity contribution is 5.35. The summed E-state index contributed by atoms with van der Waals surface area (Å²) < 4.78 is 23.8. The minimum absolute atomic E-state index is 0.0857. The first-order chi connectivity index (χ1) is 9.62. The number of aryl methyl sites for hydroxylation is 1. The molecule has 0 atom stereocenters. The lowest BCUT2D eigenvalue weighted by atomic mass is 10.2. The highest BCUT2D eigenvalue weighted by Crippen LogP contribution is 2.24. The molecule has 0 amide bonds. The molecule has 0 spiro atoms. The number of hydrogen-bond donors (Lipinski definition) is 1. The molecule has 1 heterocycles. The Hall–Kier alpha value is -2.44. The van der Waals surface area contributed by atoms with Crippen LogP contribution in [0.5, 0.6) is 17.8 Å². The van der Waals surface area contributed by atoms with E-state index in [9.17, 15) is 4.39 Å². The summed E-state index contributed by atoms with van der Waals surface area (Å²) in [5.74, 6) is 0.483. The van der Waals surface area contributed by atoms with Crippen LogP contribution in [0.4, 0.5) is 10.3 Å². The molecule has 0 saturated heterocycles. The van der Waals surface area contributed by atoms with Crippen LogP contribution in [0.2, 0.25) is 0 Å². The van der Waals surface area contributed by atoms with Crippen LogP contribution in [0.15, 0.2) is 18.2 Å². The van der Waals surface area contributed by atoms with Crippen molar-refractivity contribution in [2.45, 2.75) is 13.8 Å². The summed E-state index contributed by atoms with van der Waals surface area (Å²) in [7, 11) is 1.68. The second-order valence-electron chi connectivity index (χ2n) is 3.92. The number of nitrogens with zero attached hydrogens (tertiary/aromatic N) is 3. The molecule has 2 aromatic rings. The highest BCUT2D eigenvalue weighted by atomic mass is 19.1. The van der Waals surface area contributed by atoms with Gasteiger partial charge in [-0.05, 0) is 37.6 Å². The fourth-order valence-electron chi connectivity index (χ4n) is 1.51. The van der Waals surface area contributed by atoms with Crippen molar-refractivity contribution in [3.05, 3.63) is 29.6 Å². The van der Waals surface area contributed by atoms with Gasteiger partial charge in [-0.15, -0.1) is 4.98 Å². The van der Waals surface area contributed by atoms with Gasteiger partial charge in [-0.1, -0.05) is 0 Å². The average molecular weight is 278 g/mol. The van der Waals surface area contributed by atoms with Crippen molar-refractivity contribution in [1.82, 2.24) is 15.0 Å². The summed E-state index contributed by atoms with van der Waals surface area (Å²) in [6.45, 7) is 4.00. The Morgan fingerprint density at radius 1 is 1.20 bits per heavy atom. The molecule has 0 bridgehead atoms. The van der Waals surface area contributed by atoms with Gasteiger partial charge in [-0.3, -0.25) is 0 Å². The first-order valence-electron chi connectivity index (χ1n) is 6.13. The van der Waals surface area contributed by atoms with Crippen LogP contribution >= 0.6 is 0 Å². The molecule has 0 unspecified atom stereocenters. The third kappa shape index (κ3) is 3.31. The molecule has 2 rings (SSSR count). The van der Waals surface area contributed by atoms with Gasteiger partial charge >= 0.3 is 12.0 Å². The molecule has 0 saturated carbocycles. The SMILES string of the molecule is CCOc1nc(NC)nc(Oc2ccc(F)cc2C)n1. The Morgan fingerprint density at radius 3 is 2.60 bits per heavy atom. The van der Waals surface area contributed by atoms with Gasteiger partial charge in [0.2, 0.25) is 5.95 Å². The van der Waals surface area contributed by atoms with Gasteiger partial charge in [-0.25, -0.2) is 4.39 Å². The maximum absolute atomic E-state index is 13.0. The van der Waals surface area contributed by atoms with Crippen LogP contribution in [0, 0.1) is 12.7 Å². The number of nitrogens with one attached hydrogen (secondary N) is 1. The van der Waals surface area contributed by atoms with Crippen molar-refractivity contribution >= 4 is 5.95 Å². The van der Waals surface area contributed by atoms with Crippen molar-refractivity contribution in [1.29, 1.82) is 0 Å². The minimum atomic E-state index is -0.323. The summed E-state index contributed by atoms with van der Waals surface area (Å²) >= 11 is 0. The van der Waals surface area contributed by atoms with E-state index in [2.05, 4.69) is 20.3 Å². The Bertz CT molecular complexity index is 607. The first kappa shape index (κ1) is 14.0. The minimum Gasteiger partial charge on any atom is -0.464 e. The number of hydrogen-bond acceptors (Lipinski definition) is 6. The van der Waals surface area contributed by atoms with Gasteiger partial charge in [0.1, 0.15) is 11.6 Å². The van der Waals surface area contributed by atoms with Crippen LogP contribution in [-0.4, -0.2) is 28.6 Å². The fraction of sp³-hybridized carbons (Fsp3) is 0.308. The number of rotatable bonds is 5. The Labute approximate surface area is 116 Å². The normalized spacial score (nSPS) is 10.2. The lowest BCUT2D eigenvalue weighted by Gasteiger charge is -2.09. The first-order valence-corrected chi connectivity index (χ1v) is 6.13. The third-order valence-corrected chi connectivity index (χ3v) is 2.43. The van der Waals surface area contributed by atoms with Gasteiger partial charge in [-0.2, -0.15) is 9.97 Å². The van der Waals surface area contributed by atoms with Crippen molar-refractivity contribution < 1.29 is 13.9 Å². The predicted molar refractivity (Wildman–Crippen MR) is 71.8 cm³/mol. The highest BCUT2D eigenvalue weighted by Gasteiger charge is 2.10. The van der Waals surface area contributed by atoms with Crippen molar-refractivity contribution in [3.63, 3.8) is 0 Å². The van der Waals surface area contributed by atoms with E-state index in [1.165, 1.54) is 18.2 Å². The van der Waals surface area contributed by atoms with Crippen molar-refractivity contribution in [2.75, 3.05) is 19.0 Å². The van der Waals surface area contributed by atoms with Crippen LogP contribution in [0.1, 0.15) is 12.5 Å². The zero-order valence-corrected chi connectivity index (χ0v) is 11.5. The maximum Gasteiger partial charge on any atom is 0.330 e. The zero-order valence-electron chi connectivity index (χ0n) is 11.5. The number of aromatic nitrogens is 3. The molecule has 1 aromatic heterocycles. The van der Waals surface area contributed by atoms with E-state index in [0.717, 1.165) is 0 Å². The fourth-order valence-corrected chi connectivity index (χ4v) is 1.51. The van der Waals surface area contributed by atoms with E-state index in [1.807, 2.05) is 6.92 Å². The van der Waals surface area contributed by atoms with E-state index in [4.69, 9.17) is 9.47 Å². The van der Waals surface area contributed by atoms with Gasteiger partial charge in [0.05, 0.1) is 6.61 Å². The summed E-state index contributed by atoms with van der Waals surface area (Å²) in [5.41, 5.74) is 0.648. The van der Waals surface area contributed by atoms with Crippen LogP contribution in [0.25, 0.3) is 0 Å². The van der Waals surface area contributed by atoms with Crippen LogP contribution < -0.4 is 14.8 Å². The smallest absolute Gasteiger partial charge is 0.330 e. The Kier molecular flexibility index (Phi) is 4.29. The topological polar surface area (TPSA) is 69.2 Å². The second-order valence-corrected chi connectivity index (χ2v) is 3.92. The molecule has 1 N–H and O–H groups in total. The Morgan fingerprint density at radius 2 is 1.95 bits per heavy atom. The molecule has 0 aliphatic heterocycles. The van der Waals surface area contributed by atoms with E-state index in [-0.39, 0.29) is 17.8 Å². The molecule has 0 aliphatic carbocycles. The van der Waals surface area contributed by atoms with E-state index < -0.39 is 0 Å². The largest absolute Gasteiger partial charge is 0.464 e. The molecule has 106 valence electrons. The quantitative estimate of drug-likeness (QED) is 0.906. The van der Waals surface area contributed by atoms with Crippen LogP contribution in [0.3, 0.4) is 0 Å². The van der Waals surface area contributed by atoms with Crippen molar-refractivity contribution in [2.24, 2.45) is 0 Å². The zero-order chi connectivity index (χ0) is 14.5. The van der Waals surface area contributed by atoms with Crippen molar-refractivity contribution in [3.8, 4) is 17.8 Å². The third-order valence-electron chi connectivity index (χ3n) is 2.43. The molecule has 0 radical (unpaired) electrons. The standard InChI is InChI=1S/C13H15FN4O2/c1-4-19-12-16-11(15-3)17-13(18-12)20-10-6-5-9(14)7-8(10)2/h5-7H,4H2,1-3H3,(H,15,16,17,18). The van der Waals surface area contributed by atoms with Gasteiger partial charge in [0.15, 0.2) is 0 Å². The molecule has 20 heavy (non-hydrogen) atoms. The van der Waals surface area contributed by atoms with E-state index >= 15 is 0 Å². The van der Waals surface area contributed by atoms with Crippen LogP contribution in [-0.2, 0) is 0 Å². The average Bonchev–Trinajstić information content (AvgIpc) is 2.42. The summed E-state index contributed by atoms with van der Waals surface area (Å²) in [5, 5.41) is 2.79. The van der Waals surface area contributed by atoms with E-state index in [0.29, 0.717) is 23.9 Å². The second kappa shape index (κ2) is 6.14. The van der Waals surface area contributed by atoms with E-state index in [1.54, 1.807) is 14.0 Å². The lowest BCUT2D eigenvalue weighted by molar-refractivity contribution is 0.303. The molecular weight excluding hydrogens is 263 g/mol. The Balaban J connectivity index is 2.29. The summed E-state index contributed by atoms with van der Waals surface area (Å²) in [6.07, 6.45) is 0. The molecule has 7 heteroatoms. The molecule has 0 fully saturated rings.